The molecule has 3 nitrogen and oxygen atoms in total. The number of ether oxygens (including phenoxy) is 1. The molecule has 1 saturated heterocycles. The van der Waals surface area contributed by atoms with Crippen LogP contribution in [0.4, 0.5) is 4.39 Å². The molecule has 0 bridgehead atoms. The van der Waals surface area contributed by atoms with Gasteiger partial charge in [0, 0.05) is 34.4 Å². The monoisotopic (exact) mass is 285 g/mol. The Morgan fingerprint density at radius 3 is 2.68 bits per heavy atom. The van der Waals surface area contributed by atoms with E-state index >= 15 is 0 Å². The van der Waals surface area contributed by atoms with Crippen LogP contribution < -0.4 is 10.1 Å². The number of methoxy groups -OCH3 is 1. The third-order valence-corrected chi connectivity index (χ3v) is 4.93. The van der Waals surface area contributed by atoms with Crippen molar-refractivity contribution in [3.8, 4) is 5.75 Å². The van der Waals surface area contributed by atoms with Crippen molar-refractivity contribution in [1.82, 2.24) is 5.32 Å². The summed E-state index contributed by atoms with van der Waals surface area (Å²) in [5.74, 6) is 1.46. The fourth-order valence-corrected chi connectivity index (χ4v) is 3.66. The second-order valence-corrected chi connectivity index (χ2v) is 6.60. The standard InChI is InChI=1S/C14H20FNO2S/c1-10(16-12-5-7-19(17)8-6-12)11-3-4-14(18-2)13(15)9-11/h3-4,9-10,12,16H,5-8H2,1-2H3. The molecule has 0 radical (unpaired) electrons. The Labute approximate surface area is 116 Å². The van der Waals surface area contributed by atoms with E-state index < -0.39 is 10.8 Å². The Kier molecular flexibility index (Phi) is 4.93. The summed E-state index contributed by atoms with van der Waals surface area (Å²) < 4.78 is 29.9. The average molecular weight is 285 g/mol. The summed E-state index contributed by atoms with van der Waals surface area (Å²) in [6.45, 7) is 2.02. The van der Waals surface area contributed by atoms with Crippen molar-refractivity contribution in [2.45, 2.75) is 31.8 Å². The molecule has 19 heavy (non-hydrogen) atoms. The van der Waals surface area contributed by atoms with Crippen LogP contribution in [0, 0.1) is 5.82 Å². The van der Waals surface area contributed by atoms with Gasteiger partial charge in [-0.3, -0.25) is 4.21 Å². The summed E-state index contributed by atoms with van der Waals surface area (Å²) in [6, 6.07) is 5.49. The summed E-state index contributed by atoms with van der Waals surface area (Å²) in [4.78, 5) is 0. The van der Waals surface area contributed by atoms with Gasteiger partial charge in [0.05, 0.1) is 7.11 Å². The van der Waals surface area contributed by atoms with E-state index in [2.05, 4.69) is 5.32 Å². The lowest BCUT2D eigenvalue weighted by Crippen LogP contribution is -2.37. The Balaban J connectivity index is 1.97. The van der Waals surface area contributed by atoms with Gasteiger partial charge in [-0.25, -0.2) is 4.39 Å². The van der Waals surface area contributed by atoms with E-state index in [1.54, 1.807) is 6.07 Å². The number of hydrogen-bond donors (Lipinski definition) is 1. The molecule has 1 aromatic rings. The molecule has 1 aliphatic rings. The topological polar surface area (TPSA) is 38.3 Å². The van der Waals surface area contributed by atoms with Crippen molar-refractivity contribution in [3.63, 3.8) is 0 Å². The molecule has 5 heteroatoms. The highest BCUT2D eigenvalue weighted by atomic mass is 32.2. The Morgan fingerprint density at radius 1 is 1.42 bits per heavy atom. The second-order valence-electron chi connectivity index (χ2n) is 4.90. The van der Waals surface area contributed by atoms with E-state index in [0.29, 0.717) is 6.04 Å². The predicted molar refractivity (Wildman–Crippen MR) is 75.4 cm³/mol. The summed E-state index contributed by atoms with van der Waals surface area (Å²) in [5, 5.41) is 3.48. The zero-order valence-electron chi connectivity index (χ0n) is 11.3. The van der Waals surface area contributed by atoms with E-state index in [4.69, 9.17) is 4.74 Å². The largest absolute Gasteiger partial charge is 0.494 e. The number of rotatable bonds is 4. The van der Waals surface area contributed by atoms with E-state index in [1.165, 1.54) is 13.2 Å². The molecule has 1 N–H and O–H groups in total. The molecule has 1 aliphatic heterocycles. The van der Waals surface area contributed by atoms with Gasteiger partial charge in [-0.2, -0.15) is 0 Å². The maximum atomic E-state index is 13.6. The van der Waals surface area contributed by atoms with Crippen LogP contribution in [0.3, 0.4) is 0 Å². The maximum Gasteiger partial charge on any atom is 0.165 e. The van der Waals surface area contributed by atoms with Crippen LogP contribution in [0.25, 0.3) is 0 Å². The Bertz CT molecular complexity index is 457. The smallest absolute Gasteiger partial charge is 0.165 e. The highest BCUT2D eigenvalue weighted by Gasteiger charge is 2.20. The van der Waals surface area contributed by atoms with Gasteiger partial charge in [-0.1, -0.05) is 6.07 Å². The summed E-state index contributed by atoms with van der Waals surface area (Å²) in [5.41, 5.74) is 0.907. The van der Waals surface area contributed by atoms with Crippen molar-refractivity contribution in [1.29, 1.82) is 0 Å². The fraction of sp³-hybridized carbons (Fsp3) is 0.571. The van der Waals surface area contributed by atoms with Crippen molar-refractivity contribution >= 4 is 10.8 Å². The number of halogens is 1. The molecule has 0 aliphatic carbocycles. The van der Waals surface area contributed by atoms with E-state index in [1.807, 2.05) is 13.0 Å². The van der Waals surface area contributed by atoms with Crippen LogP contribution in [-0.4, -0.2) is 28.9 Å². The summed E-state index contributed by atoms with van der Waals surface area (Å²) in [7, 11) is 0.815. The van der Waals surface area contributed by atoms with Crippen molar-refractivity contribution < 1.29 is 13.3 Å². The third-order valence-electron chi connectivity index (χ3n) is 3.55. The minimum Gasteiger partial charge on any atom is -0.494 e. The van der Waals surface area contributed by atoms with E-state index in [9.17, 15) is 8.60 Å². The lowest BCUT2D eigenvalue weighted by atomic mass is 10.0. The minimum absolute atomic E-state index is 0.0805. The van der Waals surface area contributed by atoms with Crippen molar-refractivity contribution in [2.75, 3.05) is 18.6 Å². The van der Waals surface area contributed by atoms with Crippen molar-refractivity contribution in [2.24, 2.45) is 0 Å². The third kappa shape index (κ3) is 3.76. The number of nitrogens with one attached hydrogen (secondary N) is 1. The van der Waals surface area contributed by atoms with Crippen molar-refractivity contribution in [3.05, 3.63) is 29.6 Å². The molecule has 0 saturated carbocycles. The highest BCUT2D eigenvalue weighted by molar-refractivity contribution is 7.85. The van der Waals surface area contributed by atoms with Gasteiger partial charge in [-0.05, 0) is 37.5 Å². The summed E-state index contributed by atoms with van der Waals surface area (Å²) in [6.07, 6.45) is 1.85. The van der Waals surface area contributed by atoms with E-state index in [0.717, 1.165) is 29.9 Å². The molecule has 1 heterocycles. The normalized spacial score (nSPS) is 25.0. The van der Waals surface area contributed by atoms with Crippen LogP contribution in [-0.2, 0) is 10.8 Å². The molecule has 0 aromatic heterocycles. The quantitative estimate of drug-likeness (QED) is 0.923. The zero-order chi connectivity index (χ0) is 13.8. The fourth-order valence-electron chi connectivity index (χ4n) is 2.36. The molecule has 0 spiro atoms. The first kappa shape index (κ1) is 14.5. The minimum atomic E-state index is -0.645. The van der Waals surface area contributed by atoms with Gasteiger partial charge in [0.15, 0.2) is 11.6 Å². The molecule has 1 aromatic carbocycles. The van der Waals surface area contributed by atoms with Gasteiger partial charge in [0.2, 0.25) is 0 Å². The van der Waals surface area contributed by atoms with Crippen LogP contribution in [0.2, 0.25) is 0 Å². The Hall–Kier alpha value is -0.940. The molecule has 106 valence electrons. The van der Waals surface area contributed by atoms with Crippen LogP contribution in [0.5, 0.6) is 5.75 Å². The Morgan fingerprint density at radius 2 is 2.11 bits per heavy atom. The average Bonchev–Trinajstić information content (AvgIpc) is 2.41. The lowest BCUT2D eigenvalue weighted by molar-refractivity contribution is 0.384. The highest BCUT2D eigenvalue weighted by Crippen LogP contribution is 2.23. The van der Waals surface area contributed by atoms with Gasteiger partial charge in [0.1, 0.15) is 0 Å². The molecule has 2 rings (SSSR count). The zero-order valence-corrected chi connectivity index (χ0v) is 12.1. The molecule has 0 amide bonds. The maximum absolute atomic E-state index is 13.6. The predicted octanol–water partition coefficient (Wildman–Crippen LogP) is 2.40. The van der Waals surface area contributed by atoms with E-state index in [-0.39, 0.29) is 17.6 Å². The first-order chi connectivity index (χ1) is 9.10. The lowest BCUT2D eigenvalue weighted by Gasteiger charge is -2.26. The summed E-state index contributed by atoms with van der Waals surface area (Å²) >= 11 is 0. The molecule has 1 fully saturated rings. The second kappa shape index (κ2) is 6.48. The van der Waals surface area contributed by atoms with Crippen LogP contribution in [0.15, 0.2) is 18.2 Å². The first-order valence-corrected chi connectivity index (χ1v) is 8.03. The molecule has 1 atom stereocenters. The van der Waals surface area contributed by atoms with Gasteiger partial charge >= 0.3 is 0 Å². The molecular formula is C14H20FNO2S. The number of hydrogen-bond acceptors (Lipinski definition) is 3. The van der Waals surface area contributed by atoms with Gasteiger partial charge in [-0.15, -0.1) is 0 Å². The number of benzene rings is 1. The first-order valence-electron chi connectivity index (χ1n) is 6.54. The SMILES string of the molecule is COc1ccc(C(C)NC2CCS(=O)CC2)cc1F. The van der Waals surface area contributed by atoms with Crippen LogP contribution in [0.1, 0.15) is 31.4 Å². The van der Waals surface area contributed by atoms with Gasteiger partial charge < -0.3 is 10.1 Å². The molecular weight excluding hydrogens is 265 g/mol. The van der Waals surface area contributed by atoms with Gasteiger partial charge in [0.25, 0.3) is 0 Å². The molecule has 1 unspecified atom stereocenters. The van der Waals surface area contributed by atoms with Crippen LogP contribution >= 0.6 is 0 Å².